The number of hydrogen-bond acceptors (Lipinski definition) is 4. The second-order valence-electron chi connectivity index (χ2n) is 1.19. The largest absolute Gasteiger partial charge is 0.478 e. The van der Waals surface area contributed by atoms with Gasteiger partial charge in [0.25, 0.3) is 0 Å². The zero-order valence-corrected chi connectivity index (χ0v) is 6.27. The Morgan fingerprint density at radius 2 is 1.73 bits per heavy atom. The van der Waals surface area contributed by atoms with Gasteiger partial charge in [-0.2, -0.15) is 0 Å². The van der Waals surface area contributed by atoms with Crippen molar-refractivity contribution in [1.82, 2.24) is 0 Å². The molecule has 0 saturated heterocycles. The number of aliphatic hydroxyl groups excluding tert-OH is 1. The lowest BCUT2D eigenvalue weighted by molar-refractivity contribution is -0.136. The van der Waals surface area contributed by atoms with Crippen molar-refractivity contribution in [3.8, 4) is 0 Å². The number of rotatable bonds is 2. The van der Waals surface area contributed by atoms with Crippen LogP contribution in [0.2, 0.25) is 0 Å². The molecule has 0 aliphatic carbocycles. The second kappa shape index (κ2) is 8.64. The van der Waals surface area contributed by atoms with Crippen LogP contribution in [0.4, 0.5) is 0 Å². The SMILES string of the molecule is CO.COC(=O)/C=C\C(=O)O. The average Bonchev–Trinajstić information content (AvgIpc) is 2.04. The van der Waals surface area contributed by atoms with Gasteiger partial charge in [0.15, 0.2) is 0 Å². The van der Waals surface area contributed by atoms with Crippen LogP contribution in [0.25, 0.3) is 0 Å². The number of methoxy groups -OCH3 is 1. The molecule has 0 radical (unpaired) electrons. The highest BCUT2D eigenvalue weighted by Gasteiger charge is 1.91. The molecule has 11 heavy (non-hydrogen) atoms. The van der Waals surface area contributed by atoms with Crippen LogP contribution in [0.1, 0.15) is 0 Å². The van der Waals surface area contributed by atoms with Crippen LogP contribution >= 0.6 is 0 Å². The maximum absolute atomic E-state index is 10.1. The molecule has 5 heteroatoms. The first-order valence-corrected chi connectivity index (χ1v) is 2.60. The fraction of sp³-hybridized carbons (Fsp3) is 0.333. The summed E-state index contributed by atoms with van der Waals surface area (Å²) in [5.74, 6) is -1.84. The van der Waals surface area contributed by atoms with Gasteiger partial charge >= 0.3 is 11.9 Å². The summed E-state index contributed by atoms with van der Waals surface area (Å²) in [6.45, 7) is 0. The van der Waals surface area contributed by atoms with E-state index in [0.29, 0.717) is 6.08 Å². The number of ether oxygens (including phenoxy) is 1. The number of carboxylic acid groups (broad SMARTS) is 1. The molecule has 64 valence electrons. The minimum absolute atomic E-state index is 0.669. The molecule has 0 amide bonds. The predicted octanol–water partition coefficient (Wildman–Crippen LogP) is -0.591. The molecule has 5 nitrogen and oxygen atoms in total. The molecule has 0 rings (SSSR count). The van der Waals surface area contributed by atoms with Gasteiger partial charge in [-0.3, -0.25) is 0 Å². The van der Waals surface area contributed by atoms with Crippen LogP contribution in [-0.2, 0) is 14.3 Å². The molecule has 2 N–H and O–H groups in total. The summed E-state index contributed by atoms with van der Waals surface area (Å²) in [5, 5.41) is 15.0. The number of carbonyl (C=O) groups is 2. The molecule has 0 spiro atoms. The third-order valence-corrected chi connectivity index (χ3v) is 0.563. The molecule has 0 aromatic heterocycles. The van der Waals surface area contributed by atoms with E-state index in [-0.39, 0.29) is 0 Å². The van der Waals surface area contributed by atoms with Gasteiger partial charge in [0.1, 0.15) is 0 Å². The van der Waals surface area contributed by atoms with E-state index in [1.54, 1.807) is 0 Å². The maximum Gasteiger partial charge on any atom is 0.330 e. The lowest BCUT2D eigenvalue weighted by atomic mass is 10.5. The van der Waals surface area contributed by atoms with Gasteiger partial charge in [0, 0.05) is 19.3 Å². The van der Waals surface area contributed by atoms with E-state index in [1.165, 1.54) is 7.11 Å². The molecular formula is C6H10O5. The van der Waals surface area contributed by atoms with E-state index < -0.39 is 11.9 Å². The Morgan fingerprint density at radius 3 is 2.00 bits per heavy atom. The maximum atomic E-state index is 10.1. The summed E-state index contributed by atoms with van der Waals surface area (Å²) >= 11 is 0. The summed E-state index contributed by atoms with van der Waals surface area (Å²) in [4.78, 5) is 19.9. The van der Waals surface area contributed by atoms with Gasteiger partial charge in [-0.15, -0.1) is 0 Å². The fourth-order valence-electron chi connectivity index (χ4n) is 0.207. The molecule has 0 heterocycles. The quantitative estimate of drug-likeness (QED) is 0.418. The van der Waals surface area contributed by atoms with Crippen LogP contribution < -0.4 is 0 Å². The van der Waals surface area contributed by atoms with Gasteiger partial charge in [-0.25, -0.2) is 9.59 Å². The first-order valence-electron chi connectivity index (χ1n) is 2.60. The first kappa shape index (κ1) is 12.3. The Labute approximate surface area is 63.9 Å². The van der Waals surface area contributed by atoms with Crippen LogP contribution in [0.3, 0.4) is 0 Å². The molecule has 0 aromatic rings. The number of aliphatic hydroxyl groups is 1. The zero-order valence-electron chi connectivity index (χ0n) is 6.27. The Hall–Kier alpha value is -1.36. The smallest absolute Gasteiger partial charge is 0.330 e. The van der Waals surface area contributed by atoms with E-state index in [0.717, 1.165) is 13.2 Å². The summed E-state index contributed by atoms with van der Waals surface area (Å²) in [5.41, 5.74) is 0. The zero-order chi connectivity index (χ0) is 9.28. The summed E-state index contributed by atoms with van der Waals surface area (Å²) < 4.78 is 4.11. The third kappa shape index (κ3) is 12.0. The van der Waals surface area contributed by atoms with Crippen LogP contribution in [-0.4, -0.2) is 36.4 Å². The van der Waals surface area contributed by atoms with Crippen molar-refractivity contribution in [3.63, 3.8) is 0 Å². The first-order chi connectivity index (χ1) is 5.16. The van der Waals surface area contributed by atoms with Crippen molar-refractivity contribution in [3.05, 3.63) is 12.2 Å². The molecule has 0 bridgehead atoms. The van der Waals surface area contributed by atoms with Gasteiger partial charge in [0.05, 0.1) is 7.11 Å². The predicted molar refractivity (Wildman–Crippen MR) is 36.9 cm³/mol. The molecular weight excluding hydrogens is 152 g/mol. The molecule has 0 atom stereocenters. The Morgan fingerprint density at radius 1 is 1.27 bits per heavy atom. The van der Waals surface area contributed by atoms with Crippen LogP contribution in [0.15, 0.2) is 12.2 Å². The van der Waals surface area contributed by atoms with Crippen molar-refractivity contribution in [2.75, 3.05) is 14.2 Å². The van der Waals surface area contributed by atoms with E-state index >= 15 is 0 Å². The Bertz CT molecular complexity index is 149. The van der Waals surface area contributed by atoms with Crippen molar-refractivity contribution in [2.24, 2.45) is 0 Å². The normalized spacial score (nSPS) is 8.27. The number of carboxylic acids is 1. The number of aliphatic carboxylic acids is 1. The van der Waals surface area contributed by atoms with E-state index in [9.17, 15) is 9.59 Å². The standard InChI is InChI=1S/C5H6O4.CH4O/c1-9-5(8)3-2-4(6)7;1-2/h2-3H,1H3,(H,6,7);2H,1H3/b3-2-;. The molecule has 0 aliphatic heterocycles. The topological polar surface area (TPSA) is 83.8 Å². The fourth-order valence-corrected chi connectivity index (χ4v) is 0.207. The minimum atomic E-state index is -1.17. The van der Waals surface area contributed by atoms with Crippen molar-refractivity contribution < 1.29 is 24.5 Å². The lowest BCUT2D eigenvalue weighted by Crippen LogP contribution is -1.96. The van der Waals surface area contributed by atoms with Gasteiger partial charge < -0.3 is 14.9 Å². The van der Waals surface area contributed by atoms with Gasteiger partial charge in [-0.05, 0) is 0 Å². The molecule has 0 aliphatic rings. The van der Waals surface area contributed by atoms with E-state index in [4.69, 9.17) is 10.2 Å². The summed E-state index contributed by atoms with van der Waals surface area (Å²) in [6, 6.07) is 0. The number of carbonyl (C=O) groups excluding carboxylic acids is 1. The van der Waals surface area contributed by atoms with Crippen molar-refractivity contribution >= 4 is 11.9 Å². The van der Waals surface area contributed by atoms with Gasteiger partial charge in [-0.1, -0.05) is 0 Å². The number of esters is 1. The van der Waals surface area contributed by atoms with Crippen LogP contribution in [0, 0.1) is 0 Å². The molecule has 0 unspecified atom stereocenters. The van der Waals surface area contributed by atoms with E-state index in [2.05, 4.69) is 4.74 Å². The highest BCUT2D eigenvalue weighted by atomic mass is 16.5. The Balaban J connectivity index is 0. The Kier molecular flexibility index (Phi) is 9.68. The van der Waals surface area contributed by atoms with Crippen LogP contribution in [0.5, 0.6) is 0 Å². The second-order valence-corrected chi connectivity index (χ2v) is 1.19. The summed E-state index contributed by atoms with van der Waals surface area (Å²) in [7, 11) is 2.18. The molecule has 0 aromatic carbocycles. The monoisotopic (exact) mass is 162 g/mol. The highest BCUT2D eigenvalue weighted by Crippen LogP contribution is 1.76. The highest BCUT2D eigenvalue weighted by molar-refractivity contribution is 5.90. The lowest BCUT2D eigenvalue weighted by Gasteiger charge is -1.85. The van der Waals surface area contributed by atoms with Crippen molar-refractivity contribution in [2.45, 2.75) is 0 Å². The minimum Gasteiger partial charge on any atom is -0.478 e. The van der Waals surface area contributed by atoms with Gasteiger partial charge in [0.2, 0.25) is 0 Å². The van der Waals surface area contributed by atoms with E-state index in [1.807, 2.05) is 0 Å². The molecule has 0 saturated carbocycles. The summed E-state index contributed by atoms with van der Waals surface area (Å²) in [6.07, 6.45) is 1.55. The number of hydrogen-bond donors (Lipinski definition) is 2. The van der Waals surface area contributed by atoms with Crippen molar-refractivity contribution in [1.29, 1.82) is 0 Å². The molecule has 0 fully saturated rings. The third-order valence-electron chi connectivity index (χ3n) is 0.563. The average molecular weight is 162 g/mol.